The van der Waals surface area contributed by atoms with Crippen molar-refractivity contribution in [2.24, 2.45) is 16.6 Å². The smallest absolute Gasteiger partial charge is 0.191 e. The van der Waals surface area contributed by atoms with Crippen LogP contribution in [0.15, 0.2) is 23.2 Å². The molecule has 0 aliphatic carbocycles. The van der Waals surface area contributed by atoms with Crippen molar-refractivity contribution < 1.29 is 9.50 Å². The summed E-state index contributed by atoms with van der Waals surface area (Å²) in [6.45, 7) is 4.39. The van der Waals surface area contributed by atoms with E-state index >= 15 is 0 Å². The quantitative estimate of drug-likeness (QED) is 0.462. The SMILES string of the molecule is CC1CCCN(C(N)=NCc2ccc(O)c(F)c2)C1.I. The second kappa shape index (κ2) is 7.66. The van der Waals surface area contributed by atoms with Gasteiger partial charge in [0.1, 0.15) is 0 Å². The van der Waals surface area contributed by atoms with Crippen LogP contribution in [0, 0.1) is 11.7 Å². The number of phenolic OH excluding ortho intramolecular Hbond substituents is 1. The molecular formula is C14H21FIN3O. The number of phenols is 1. The molecule has 0 amide bonds. The van der Waals surface area contributed by atoms with Crippen molar-refractivity contribution in [3.05, 3.63) is 29.6 Å². The van der Waals surface area contributed by atoms with Gasteiger partial charge in [-0.1, -0.05) is 13.0 Å². The standard InChI is InChI=1S/C14H20FN3O.HI/c1-10-3-2-6-18(9-10)14(16)17-8-11-4-5-13(19)12(15)7-11;/h4-5,7,10,19H,2-3,6,8-9H2,1H3,(H2,16,17);1H. The highest BCUT2D eigenvalue weighted by Gasteiger charge is 2.17. The first-order valence-corrected chi connectivity index (χ1v) is 6.58. The molecule has 0 aromatic heterocycles. The van der Waals surface area contributed by atoms with Crippen molar-refractivity contribution in [3.8, 4) is 5.75 Å². The molecule has 20 heavy (non-hydrogen) atoms. The number of piperidine rings is 1. The van der Waals surface area contributed by atoms with Gasteiger partial charge < -0.3 is 15.7 Å². The summed E-state index contributed by atoms with van der Waals surface area (Å²) in [7, 11) is 0. The van der Waals surface area contributed by atoms with Gasteiger partial charge in [-0.15, -0.1) is 24.0 Å². The van der Waals surface area contributed by atoms with E-state index < -0.39 is 5.82 Å². The fraction of sp³-hybridized carbons (Fsp3) is 0.500. The number of benzene rings is 1. The fourth-order valence-electron chi connectivity index (χ4n) is 2.32. The summed E-state index contributed by atoms with van der Waals surface area (Å²) in [6, 6.07) is 4.26. The topological polar surface area (TPSA) is 61.8 Å². The van der Waals surface area contributed by atoms with Gasteiger partial charge in [0, 0.05) is 13.1 Å². The second-order valence-electron chi connectivity index (χ2n) is 5.15. The number of likely N-dealkylation sites (tertiary alicyclic amines) is 1. The van der Waals surface area contributed by atoms with Crippen molar-refractivity contribution in [1.29, 1.82) is 0 Å². The number of nitrogens with zero attached hydrogens (tertiary/aromatic N) is 2. The van der Waals surface area contributed by atoms with Gasteiger partial charge in [0.05, 0.1) is 6.54 Å². The van der Waals surface area contributed by atoms with Crippen LogP contribution in [0.4, 0.5) is 4.39 Å². The van der Waals surface area contributed by atoms with E-state index in [-0.39, 0.29) is 29.7 Å². The Hall–Kier alpha value is -1.05. The number of rotatable bonds is 2. The number of aromatic hydroxyl groups is 1. The Morgan fingerprint density at radius 1 is 1.55 bits per heavy atom. The van der Waals surface area contributed by atoms with Gasteiger partial charge in [-0.05, 0) is 36.5 Å². The van der Waals surface area contributed by atoms with E-state index in [1.54, 1.807) is 6.07 Å². The lowest BCUT2D eigenvalue weighted by Crippen LogP contribution is -2.43. The Morgan fingerprint density at radius 2 is 2.30 bits per heavy atom. The number of hydrogen-bond donors (Lipinski definition) is 2. The van der Waals surface area contributed by atoms with Gasteiger partial charge in [0.2, 0.25) is 0 Å². The van der Waals surface area contributed by atoms with E-state index in [9.17, 15) is 4.39 Å². The first-order valence-electron chi connectivity index (χ1n) is 6.58. The molecule has 1 aliphatic heterocycles. The molecule has 1 aromatic rings. The Morgan fingerprint density at radius 3 is 2.95 bits per heavy atom. The first-order chi connectivity index (χ1) is 9.06. The third-order valence-corrected chi connectivity index (χ3v) is 3.42. The van der Waals surface area contributed by atoms with Crippen molar-refractivity contribution in [2.45, 2.75) is 26.3 Å². The largest absolute Gasteiger partial charge is 0.505 e. The summed E-state index contributed by atoms with van der Waals surface area (Å²) < 4.78 is 13.2. The molecule has 0 radical (unpaired) electrons. The normalized spacial score (nSPS) is 19.6. The zero-order chi connectivity index (χ0) is 13.8. The van der Waals surface area contributed by atoms with Crippen molar-refractivity contribution in [3.63, 3.8) is 0 Å². The van der Waals surface area contributed by atoms with Crippen LogP contribution in [0.5, 0.6) is 5.75 Å². The van der Waals surface area contributed by atoms with Crippen LogP contribution in [0.25, 0.3) is 0 Å². The van der Waals surface area contributed by atoms with Gasteiger partial charge in [-0.2, -0.15) is 0 Å². The van der Waals surface area contributed by atoms with Crippen molar-refractivity contribution in [2.75, 3.05) is 13.1 Å². The van der Waals surface area contributed by atoms with E-state index in [1.807, 2.05) is 0 Å². The third-order valence-electron chi connectivity index (χ3n) is 3.42. The predicted molar refractivity (Wildman–Crippen MR) is 88.8 cm³/mol. The highest BCUT2D eigenvalue weighted by Crippen LogP contribution is 2.17. The summed E-state index contributed by atoms with van der Waals surface area (Å²) in [4.78, 5) is 6.37. The van der Waals surface area contributed by atoms with Gasteiger partial charge in [0.15, 0.2) is 17.5 Å². The summed E-state index contributed by atoms with van der Waals surface area (Å²) in [5, 5.41) is 9.11. The van der Waals surface area contributed by atoms with Crippen LogP contribution in [0.3, 0.4) is 0 Å². The maximum Gasteiger partial charge on any atom is 0.191 e. The van der Waals surface area contributed by atoms with Gasteiger partial charge >= 0.3 is 0 Å². The molecule has 0 saturated carbocycles. The van der Waals surface area contributed by atoms with E-state index in [1.165, 1.54) is 18.6 Å². The Balaban J connectivity index is 0.00000200. The minimum absolute atomic E-state index is 0. The van der Waals surface area contributed by atoms with Gasteiger partial charge in [-0.25, -0.2) is 9.38 Å². The van der Waals surface area contributed by atoms with Crippen LogP contribution in [0.1, 0.15) is 25.3 Å². The lowest BCUT2D eigenvalue weighted by atomic mass is 10.0. The molecule has 1 aliphatic rings. The molecular weight excluding hydrogens is 372 g/mol. The van der Waals surface area contributed by atoms with Crippen molar-refractivity contribution in [1.82, 2.24) is 4.90 Å². The molecule has 1 atom stereocenters. The predicted octanol–water partition coefficient (Wildman–Crippen LogP) is 2.70. The molecule has 1 fully saturated rings. The van der Waals surface area contributed by atoms with Crippen LogP contribution < -0.4 is 5.73 Å². The molecule has 112 valence electrons. The first kappa shape index (κ1) is 17.0. The zero-order valence-corrected chi connectivity index (χ0v) is 13.9. The van der Waals surface area contributed by atoms with Crippen molar-refractivity contribution >= 4 is 29.9 Å². The summed E-state index contributed by atoms with van der Waals surface area (Å²) in [6.07, 6.45) is 2.36. The van der Waals surface area contributed by atoms with Crippen LogP contribution in [-0.2, 0) is 6.54 Å². The molecule has 3 N–H and O–H groups in total. The van der Waals surface area contributed by atoms with E-state index in [2.05, 4.69) is 16.8 Å². The van der Waals surface area contributed by atoms with Gasteiger partial charge in [-0.3, -0.25) is 0 Å². The molecule has 0 bridgehead atoms. The lowest BCUT2D eigenvalue weighted by molar-refractivity contribution is 0.270. The number of hydrogen-bond acceptors (Lipinski definition) is 2. The molecule has 1 aromatic carbocycles. The molecule has 6 heteroatoms. The zero-order valence-electron chi connectivity index (χ0n) is 11.6. The highest BCUT2D eigenvalue weighted by atomic mass is 127. The molecule has 4 nitrogen and oxygen atoms in total. The highest BCUT2D eigenvalue weighted by molar-refractivity contribution is 14.0. The van der Waals surface area contributed by atoms with E-state index in [0.717, 1.165) is 19.5 Å². The minimum atomic E-state index is -0.627. The maximum absolute atomic E-state index is 13.2. The molecule has 1 heterocycles. The summed E-state index contributed by atoms with van der Waals surface area (Å²) in [5.74, 6) is 0.178. The van der Waals surface area contributed by atoms with Crippen LogP contribution >= 0.6 is 24.0 Å². The molecule has 2 rings (SSSR count). The van der Waals surface area contributed by atoms with Crippen LogP contribution in [-0.4, -0.2) is 29.1 Å². The second-order valence-corrected chi connectivity index (χ2v) is 5.15. The monoisotopic (exact) mass is 393 g/mol. The van der Waals surface area contributed by atoms with E-state index in [4.69, 9.17) is 10.8 Å². The maximum atomic E-state index is 13.2. The number of nitrogens with two attached hydrogens (primary N) is 1. The van der Waals surface area contributed by atoms with Gasteiger partial charge in [0.25, 0.3) is 0 Å². The van der Waals surface area contributed by atoms with E-state index in [0.29, 0.717) is 24.0 Å². The Bertz CT molecular complexity index is 481. The Labute approximate surface area is 135 Å². The minimum Gasteiger partial charge on any atom is -0.505 e. The number of halogens is 2. The summed E-state index contributed by atoms with van der Waals surface area (Å²) in [5.41, 5.74) is 6.66. The Kier molecular flexibility index (Phi) is 6.51. The molecule has 1 unspecified atom stereocenters. The van der Waals surface area contributed by atoms with Crippen LogP contribution in [0.2, 0.25) is 0 Å². The molecule has 0 spiro atoms. The summed E-state index contributed by atoms with van der Waals surface area (Å²) >= 11 is 0. The third kappa shape index (κ3) is 4.50. The average Bonchev–Trinajstić information content (AvgIpc) is 2.40. The average molecular weight is 393 g/mol. The number of aliphatic imine (C=N–C) groups is 1. The fourth-order valence-corrected chi connectivity index (χ4v) is 2.32. The lowest BCUT2D eigenvalue weighted by Gasteiger charge is -2.31. The molecule has 1 saturated heterocycles. The number of guanidine groups is 1.